The van der Waals surface area contributed by atoms with Crippen LogP contribution in [0.3, 0.4) is 0 Å². The van der Waals surface area contributed by atoms with Crippen molar-refractivity contribution in [3.63, 3.8) is 0 Å². The van der Waals surface area contributed by atoms with E-state index in [2.05, 4.69) is 15.6 Å². The Morgan fingerprint density at radius 2 is 1.68 bits per heavy atom. The highest BCUT2D eigenvalue weighted by Gasteiger charge is 2.48. The predicted octanol–water partition coefficient (Wildman–Crippen LogP) is 2.90. The number of ether oxygens (including phenoxy) is 1. The van der Waals surface area contributed by atoms with Crippen LogP contribution in [-0.4, -0.2) is 51.4 Å². The summed E-state index contributed by atoms with van der Waals surface area (Å²) in [5.41, 5.74) is 0.587. The zero-order valence-electron chi connectivity index (χ0n) is 21.1. The summed E-state index contributed by atoms with van der Waals surface area (Å²) in [5, 5.41) is 5.68. The zero-order chi connectivity index (χ0) is 26.6. The van der Waals surface area contributed by atoms with E-state index in [4.69, 9.17) is 4.74 Å². The number of methoxy groups -OCH3 is 1. The van der Waals surface area contributed by atoms with Gasteiger partial charge in [0.25, 0.3) is 11.8 Å². The first kappa shape index (κ1) is 25.9. The Labute approximate surface area is 214 Å². The minimum Gasteiger partial charge on any atom is -0.497 e. The molecule has 0 aliphatic carbocycles. The third kappa shape index (κ3) is 5.32. The third-order valence-corrected chi connectivity index (χ3v) is 6.49. The van der Waals surface area contributed by atoms with Crippen LogP contribution in [0.5, 0.6) is 5.75 Å². The maximum Gasteiger partial charge on any atom is 0.273 e. The van der Waals surface area contributed by atoms with Crippen molar-refractivity contribution in [3.8, 4) is 5.75 Å². The van der Waals surface area contributed by atoms with Gasteiger partial charge in [0.15, 0.2) is 5.69 Å². The summed E-state index contributed by atoms with van der Waals surface area (Å²) in [6.07, 6.45) is 2.05. The van der Waals surface area contributed by atoms with Crippen LogP contribution in [0.15, 0.2) is 54.9 Å². The van der Waals surface area contributed by atoms with E-state index in [0.717, 1.165) is 11.1 Å². The van der Waals surface area contributed by atoms with E-state index in [-0.39, 0.29) is 42.7 Å². The van der Waals surface area contributed by atoms with Crippen molar-refractivity contribution in [1.82, 2.24) is 25.1 Å². The Hall–Kier alpha value is -4.21. The van der Waals surface area contributed by atoms with Gasteiger partial charge in [-0.05, 0) is 48.7 Å². The van der Waals surface area contributed by atoms with Crippen molar-refractivity contribution < 1.29 is 23.5 Å². The number of fused-ring (bicyclic) bond motifs is 1. The molecule has 0 saturated carbocycles. The maximum absolute atomic E-state index is 13.6. The number of hydrogen-bond donors (Lipinski definition) is 2. The fourth-order valence-electron chi connectivity index (χ4n) is 4.41. The second-order valence-corrected chi connectivity index (χ2v) is 9.14. The van der Waals surface area contributed by atoms with Gasteiger partial charge in [-0.25, -0.2) is 9.37 Å². The maximum atomic E-state index is 13.6. The lowest BCUT2D eigenvalue weighted by Crippen LogP contribution is -2.64. The number of benzene rings is 2. The minimum absolute atomic E-state index is 0.0217. The molecular formula is C27H30FN5O4. The Morgan fingerprint density at radius 3 is 2.30 bits per heavy atom. The highest BCUT2D eigenvalue weighted by atomic mass is 19.1. The highest BCUT2D eigenvalue weighted by Crippen LogP contribution is 2.29. The average molecular weight is 508 g/mol. The minimum atomic E-state index is -1.20. The molecule has 0 bridgehead atoms. The van der Waals surface area contributed by atoms with Gasteiger partial charge in [-0.3, -0.25) is 14.4 Å². The molecule has 9 nitrogen and oxygen atoms in total. The van der Waals surface area contributed by atoms with Crippen molar-refractivity contribution >= 4 is 17.7 Å². The van der Waals surface area contributed by atoms with E-state index in [1.807, 2.05) is 19.1 Å². The molecule has 0 unspecified atom stereocenters. The summed E-state index contributed by atoms with van der Waals surface area (Å²) in [6, 6.07) is 13.1. The van der Waals surface area contributed by atoms with Crippen molar-refractivity contribution in [2.45, 2.75) is 45.4 Å². The molecule has 1 aliphatic heterocycles. The Kier molecular flexibility index (Phi) is 7.56. The summed E-state index contributed by atoms with van der Waals surface area (Å²) < 4.78 is 19.9. The average Bonchev–Trinajstić information content (AvgIpc) is 3.33. The third-order valence-electron chi connectivity index (χ3n) is 6.49. The molecule has 1 aliphatic rings. The van der Waals surface area contributed by atoms with Crippen molar-refractivity contribution in [2.24, 2.45) is 0 Å². The van der Waals surface area contributed by atoms with Crippen LogP contribution in [0.25, 0.3) is 0 Å². The van der Waals surface area contributed by atoms with Crippen LogP contribution >= 0.6 is 0 Å². The molecule has 3 amide bonds. The van der Waals surface area contributed by atoms with Crippen molar-refractivity contribution in [1.29, 1.82) is 0 Å². The molecule has 0 saturated heterocycles. The summed E-state index contributed by atoms with van der Waals surface area (Å²) >= 11 is 0. The fraction of sp³-hybridized carbons (Fsp3) is 0.333. The van der Waals surface area contributed by atoms with Gasteiger partial charge < -0.3 is 24.8 Å². The fourth-order valence-corrected chi connectivity index (χ4v) is 4.41. The summed E-state index contributed by atoms with van der Waals surface area (Å²) in [4.78, 5) is 45.7. The van der Waals surface area contributed by atoms with Gasteiger partial charge in [0.05, 0.1) is 20.0 Å². The Morgan fingerprint density at radius 1 is 1.05 bits per heavy atom. The van der Waals surface area contributed by atoms with E-state index in [1.54, 1.807) is 42.9 Å². The number of imidazole rings is 1. The predicted molar refractivity (Wildman–Crippen MR) is 134 cm³/mol. The number of hydrogen-bond acceptors (Lipinski definition) is 5. The smallest absolute Gasteiger partial charge is 0.273 e. The van der Waals surface area contributed by atoms with Gasteiger partial charge in [0.2, 0.25) is 5.91 Å². The molecule has 1 atom stereocenters. The van der Waals surface area contributed by atoms with Crippen LogP contribution in [0.2, 0.25) is 0 Å². The standard InChI is InChI=1S/C27H30FN5O4/c1-4-13-33-25(35)23-22(24(34)29-14-19-7-11-21(37-3)12-8-19)31-17-32(23)16-27(33,2)26(36)30-15-18-5-9-20(28)10-6-18/h5-12,17H,4,13-16H2,1-3H3,(H,29,34)(H,30,36)/t27-/m0/s1. The van der Waals surface area contributed by atoms with E-state index in [1.165, 1.54) is 23.4 Å². The van der Waals surface area contributed by atoms with Gasteiger partial charge in [0, 0.05) is 19.6 Å². The first-order valence-corrected chi connectivity index (χ1v) is 12.1. The van der Waals surface area contributed by atoms with E-state index in [9.17, 15) is 18.8 Å². The number of aromatic nitrogens is 2. The van der Waals surface area contributed by atoms with Gasteiger partial charge in [-0.1, -0.05) is 31.2 Å². The number of rotatable bonds is 9. The van der Waals surface area contributed by atoms with E-state index < -0.39 is 17.4 Å². The molecule has 37 heavy (non-hydrogen) atoms. The molecule has 0 spiro atoms. The SMILES string of the molecule is CCCN1C(=O)c2c(C(=O)NCc3ccc(OC)cc3)ncn2C[C@@]1(C)C(=O)NCc1ccc(F)cc1. The van der Waals surface area contributed by atoms with E-state index >= 15 is 0 Å². The molecule has 1 aromatic heterocycles. The van der Waals surface area contributed by atoms with Crippen LogP contribution in [0.4, 0.5) is 4.39 Å². The van der Waals surface area contributed by atoms with Crippen molar-refractivity contribution in [3.05, 3.63) is 83.2 Å². The lowest BCUT2D eigenvalue weighted by molar-refractivity contribution is -0.133. The highest BCUT2D eigenvalue weighted by molar-refractivity contribution is 6.07. The molecule has 10 heteroatoms. The number of halogens is 1. The van der Waals surface area contributed by atoms with Gasteiger partial charge in [-0.15, -0.1) is 0 Å². The Balaban J connectivity index is 1.51. The molecule has 2 aromatic carbocycles. The molecular weight excluding hydrogens is 477 g/mol. The van der Waals surface area contributed by atoms with Crippen LogP contribution in [0.1, 0.15) is 52.4 Å². The van der Waals surface area contributed by atoms with Crippen LogP contribution in [-0.2, 0) is 24.4 Å². The lowest BCUT2D eigenvalue weighted by Gasteiger charge is -2.43. The molecule has 2 N–H and O–H groups in total. The van der Waals surface area contributed by atoms with Crippen molar-refractivity contribution in [2.75, 3.05) is 13.7 Å². The molecule has 194 valence electrons. The van der Waals surface area contributed by atoms with Gasteiger partial charge >= 0.3 is 0 Å². The summed E-state index contributed by atoms with van der Waals surface area (Å²) in [7, 11) is 1.58. The Bertz CT molecular complexity index is 1290. The van der Waals surface area contributed by atoms with Gasteiger partial charge in [-0.2, -0.15) is 0 Å². The second kappa shape index (κ2) is 10.8. The zero-order valence-corrected chi connectivity index (χ0v) is 21.1. The number of carbonyl (C=O) groups excluding carboxylic acids is 3. The first-order valence-electron chi connectivity index (χ1n) is 12.1. The quantitative estimate of drug-likeness (QED) is 0.463. The number of nitrogens with zero attached hydrogens (tertiary/aromatic N) is 3. The molecule has 0 fully saturated rings. The molecule has 4 rings (SSSR count). The number of nitrogens with one attached hydrogen (secondary N) is 2. The van der Waals surface area contributed by atoms with Crippen LogP contribution < -0.4 is 15.4 Å². The van der Waals surface area contributed by atoms with Gasteiger partial charge in [0.1, 0.15) is 22.8 Å². The second-order valence-electron chi connectivity index (χ2n) is 9.14. The molecule has 2 heterocycles. The largest absolute Gasteiger partial charge is 0.497 e. The first-order chi connectivity index (χ1) is 17.8. The molecule has 3 aromatic rings. The summed E-state index contributed by atoms with van der Waals surface area (Å²) in [6.45, 7) is 4.54. The van der Waals surface area contributed by atoms with E-state index in [0.29, 0.717) is 18.7 Å². The molecule has 0 radical (unpaired) electrons. The summed E-state index contributed by atoms with van der Waals surface area (Å²) in [5.74, 6) is -0.892. The number of amides is 3. The number of carbonyl (C=O) groups is 3. The lowest BCUT2D eigenvalue weighted by atomic mass is 9.94. The topological polar surface area (TPSA) is 106 Å². The normalized spacial score (nSPS) is 16.8. The monoisotopic (exact) mass is 507 g/mol. The van der Waals surface area contributed by atoms with Crippen LogP contribution in [0, 0.1) is 5.82 Å².